The minimum Gasteiger partial charge on any atom is -0.508 e. The number of phenolic OH excluding ortho intramolecular Hbond substituents is 1. The number of benzene rings is 3. The van der Waals surface area contributed by atoms with Gasteiger partial charge >= 0.3 is 0 Å². The number of hydrogen-bond acceptors (Lipinski definition) is 6. The molecule has 39 heavy (non-hydrogen) atoms. The van der Waals surface area contributed by atoms with E-state index in [1.807, 2.05) is 41.8 Å². The Labute approximate surface area is 226 Å². The number of anilines is 1. The fourth-order valence-corrected chi connectivity index (χ4v) is 5.20. The molecule has 7 nitrogen and oxygen atoms in total. The second-order valence-electron chi connectivity index (χ2n) is 10.7. The van der Waals surface area contributed by atoms with E-state index >= 15 is 0 Å². The minimum absolute atomic E-state index is 0.0166. The summed E-state index contributed by atoms with van der Waals surface area (Å²) in [4.78, 5) is 17.5. The highest BCUT2D eigenvalue weighted by Crippen LogP contribution is 2.36. The molecule has 0 amide bonds. The van der Waals surface area contributed by atoms with Crippen LogP contribution < -0.4 is 10.1 Å². The highest BCUT2D eigenvalue weighted by Gasteiger charge is 2.25. The van der Waals surface area contributed by atoms with E-state index in [4.69, 9.17) is 14.5 Å². The number of ether oxygens (including phenoxy) is 2. The molecule has 2 N–H and O–H groups in total. The van der Waals surface area contributed by atoms with Gasteiger partial charge in [-0.15, -0.1) is 0 Å². The lowest BCUT2D eigenvalue weighted by molar-refractivity contribution is 0.0699. The maximum absolute atomic E-state index is 14.5. The van der Waals surface area contributed by atoms with Crippen molar-refractivity contribution in [1.82, 2.24) is 9.55 Å². The van der Waals surface area contributed by atoms with Gasteiger partial charge in [-0.3, -0.25) is 9.36 Å². The van der Waals surface area contributed by atoms with Crippen molar-refractivity contribution in [2.75, 3.05) is 25.1 Å². The second kappa shape index (κ2) is 10.7. The molecule has 0 spiro atoms. The van der Waals surface area contributed by atoms with Crippen molar-refractivity contribution in [3.63, 3.8) is 0 Å². The molecule has 1 saturated carbocycles. The molecule has 2 heterocycles. The van der Waals surface area contributed by atoms with Crippen LogP contribution in [-0.2, 0) is 4.74 Å². The number of halogens is 1. The van der Waals surface area contributed by atoms with Crippen LogP contribution in [0.15, 0.2) is 54.9 Å². The Balaban J connectivity index is 1.35. The van der Waals surface area contributed by atoms with Crippen LogP contribution in [0.5, 0.6) is 17.2 Å². The number of aromatic hydroxyl groups is 1. The standard InChI is InChI=1S/C31H32FN3O4/c1-19-12-22(4-6-25(19)29(37)13-20-2-3-20)35-18-34-31-27(33-17-21-8-10-38-11-9-21)15-24(16-28(31)35)39-30-7-5-23(36)14-26(30)32/h4-7,12,14-16,18,20-21,33,36H,2-3,8-11,13,17H2,1H3. The summed E-state index contributed by atoms with van der Waals surface area (Å²) in [5.41, 5.74) is 4.92. The summed E-state index contributed by atoms with van der Waals surface area (Å²) < 4.78 is 27.9. The van der Waals surface area contributed by atoms with Gasteiger partial charge in [0, 0.05) is 55.6 Å². The number of aryl methyl sites for hydroxylation is 1. The average Bonchev–Trinajstić information content (AvgIpc) is 3.64. The first kappa shape index (κ1) is 25.4. The number of nitrogens with zero attached hydrogens (tertiary/aromatic N) is 2. The van der Waals surface area contributed by atoms with Crippen molar-refractivity contribution in [2.45, 2.75) is 39.0 Å². The van der Waals surface area contributed by atoms with Crippen molar-refractivity contribution in [1.29, 1.82) is 0 Å². The van der Waals surface area contributed by atoms with Crippen LogP contribution in [-0.4, -0.2) is 40.2 Å². The van der Waals surface area contributed by atoms with Crippen molar-refractivity contribution in [3.05, 3.63) is 71.8 Å². The molecule has 2 fully saturated rings. The SMILES string of the molecule is Cc1cc(-n2cnc3c(NCC4CCOCC4)cc(Oc4ccc(O)cc4F)cc32)ccc1C(=O)CC1CC1. The van der Waals surface area contributed by atoms with Gasteiger partial charge < -0.3 is 19.9 Å². The molecule has 1 aromatic heterocycles. The molecule has 0 unspecified atom stereocenters. The van der Waals surface area contributed by atoms with Gasteiger partial charge in [0.15, 0.2) is 17.3 Å². The van der Waals surface area contributed by atoms with Crippen LogP contribution in [0.2, 0.25) is 0 Å². The predicted octanol–water partition coefficient (Wildman–Crippen LogP) is 6.79. The molecule has 6 rings (SSSR count). The third kappa shape index (κ3) is 5.61. The van der Waals surface area contributed by atoms with E-state index in [1.54, 1.807) is 6.33 Å². The van der Waals surface area contributed by atoms with Crippen molar-refractivity contribution in [2.24, 2.45) is 11.8 Å². The second-order valence-corrected chi connectivity index (χ2v) is 10.7. The minimum atomic E-state index is -0.651. The molecular weight excluding hydrogens is 497 g/mol. The average molecular weight is 530 g/mol. The number of phenols is 1. The lowest BCUT2D eigenvalue weighted by Crippen LogP contribution is -2.22. The molecule has 0 radical (unpaired) electrons. The van der Waals surface area contributed by atoms with Gasteiger partial charge in [0.05, 0.1) is 11.2 Å². The van der Waals surface area contributed by atoms with Gasteiger partial charge in [-0.05, 0) is 80.3 Å². The molecule has 0 atom stereocenters. The summed E-state index contributed by atoms with van der Waals surface area (Å²) in [6.07, 6.45) is 6.65. The third-order valence-electron chi connectivity index (χ3n) is 7.65. The topological polar surface area (TPSA) is 85.6 Å². The van der Waals surface area contributed by atoms with Crippen LogP contribution in [0.4, 0.5) is 10.1 Å². The van der Waals surface area contributed by atoms with Gasteiger partial charge in [0.2, 0.25) is 0 Å². The van der Waals surface area contributed by atoms with E-state index in [2.05, 4.69) is 5.32 Å². The van der Waals surface area contributed by atoms with E-state index in [1.165, 1.54) is 12.1 Å². The van der Waals surface area contributed by atoms with Crippen LogP contribution >= 0.6 is 0 Å². The Hall–Kier alpha value is -3.91. The fourth-order valence-electron chi connectivity index (χ4n) is 5.20. The molecule has 2 aliphatic rings. The number of carbonyl (C=O) groups is 1. The van der Waals surface area contributed by atoms with Gasteiger partial charge in [-0.2, -0.15) is 0 Å². The molecular formula is C31H32FN3O4. The van der Waals surface area contributed by atoms with Gasteiger partial charge in [0.25, 0.3) is 0 Å². The number of carbonyl (C=O) groups excluding carboxylic acids is 1. The lowest BCUT2D eigenvalue weighted by Gasteiger charge is -2.23. The van der Waals surface area contributed by atoms with Crippen molar-refractivity contribution in [3.8, 4) is 22.9 Å². The maximum Gasteiger partial charge on any atom is 0.169 e. The zero-order valence-corrected chi connectivity index (χ0v) is 22.0. The van der Waals surface area contributed by atoms with Crippen molar-refractivity contribution < 1.29 is 23.8 Å². The quantitative estimate of drug-likeness (QED) is 0.232. The first-order chi connectivity index (χ1) is 18.9. The van der Waals surface area contributed by atoms with E-state index in [0.29, 0.717) is 24.0 Å². The Morgan fingerprint density at radius 1 is 1.10 bits per heavy atom. The third-order valence-corrected chi connectivity index (χ3v) is 7.65. The van der Waals surface area contributed by atoms with E-state index < -0.39 is 5.82 Å². The van der Waals surface area contributed by atoms with Gasteiger partial charge in [-0.1, -0.05) is 0 Å². The number of Topliss-reactive ketones (excluding diaryl/α,β-unsaturated/α-hetero) is 1. The summed E-state index contributed by atoms with van der Waals surface area (Å²) in [6.45, 7) is 4.25. The Morgan fingerprint density at radius 3 is 2.67 bits per heavy atom. The highest BCUT2D eigenvalue weighted by molar-refractivity contribution is 5.98. The largest absolute Gasteiger partial charge is 0.508 e. The molecule has 1 aliphatic heterocycles. The summed E-state index contributed by atoms with van der Waals surface area (Å²) in [7, 11) is 0. The highest BCUT2D eigenvalue weighted by atomic mass is 19.1. The summed E-state index contributed by atoms with van der Waals surface area (Å²) in [6, 6.07) is 13.3. The zero-order chi connectivity index (χ0) is 26.9. The number of ketones is 1. The molecule has 8 heteroatoms. The Kier molecular flexibility index (Phi) is 6.95. The van der Waals surface area contributed by atoms with E-state index in [-0.39, 0.29) is 17.3 Å². The Bertz CT molecular complexity index is 1520. The molecule has 0 bridgehead atoms. The van der Waals surface area contributed by atoms with Gasteiger partial charge in [0.1, 0.15) is 23.3 Å². The first-order valence-electron chi connectivity index (χ1n) is 13.6. The number of hydrogen-bond donors (Lipinski definition) is 2. The summed E-state index contributed by atoms with van der Waals surface area (Å²) in [5.74, 6) is 0.864. The molecule has 202 valence electrons. The zero-order valence-electron chi connectivity index (χ0n) is 22.0. The molecule has 1 saturated heterocycles. The number of nitrogens with one attached hydrogen (secondary N) is 1. The summed E-state index contributed by atoms with van der Waals surface area (Å²) >= 11 is 0. The summed E-state index contributed by atoms with van der Waals surface area (Å²) in [5, 5.41) is 13.1. The van der Waals surface area contributed by atoms with Crippen LogP contribution in [0.3, 0.4) is 0 Å². The van der Waals surface area contributed by atoms with Crippen LogP contribution in [0, 0.1) is 24.6 Å². The molecule has 3 aromatic carbocycles. The van der Waals surface area contributed by atoms with Gasteiger partial charge in [-0.25, -0.2) is 9.37 Å². The van der Waals surface area contributed by atoms with Crippen LogP contribution in [0.25, 0.3) is 16.7 Å². The number of rotatable bonds is 9. The molecule has 4 aromatic rings. The number of fused-ring (bicyclic) bond motifs is 1. The lowest BCUT2D eigenvalue weighted by atomic mass is 10.00. The molecule has 1 aliphatic carbocycles. The number of imidazole rings is 1. The fraction of sp³-hybridized carbons (Fsp3) is 0.355. The predicted molar refractivity (Wildman–Crippen MR) is 148 cm³/mol. The normalized spacial score (nSPS) is 15.9. The smallest absolute Gasteiger partial charge is 0.169 e. The maximum atomic E-state index is 14.5. The number of aromatic nitrogens is 2. The van der Waals surface area contributed by atoms with E-state index in [9.17, 15) is 14.3 Å². The monoisotopic (exact) mass is 529 g/mol. The first-order valence-corrected chi connectivity index (χ1v) is 13.6. The van der Waals surface area contributed by atoms with Crippen molar-refractivity contribution >= 4 is 22.5 Å². The Morgan fingerprint density at radius 2 is 1.92 bits per heavy atom. The van der Waals surface area contributed by atoms with E-state index in [0.717, 1.165) is 85.0 Å². The van der Waals surface area contributed by atoms with Crippen LogP contribution in [0.1, 0.15) is 48.0 Å².